The van der Waals surface area contributed by atoms with Crippen molar-refractivity contribution in [2.45, 2.75) is 13.5 Å². The van der Waals surface area contributed by atoms with Crippen LogP contribution in [0, 0.1) is 6.92 Å². The fourth-order valence-corrected chi connectivity index (χ4v) is 2.72. The molecule has 23 heavy (non-hydrogen) atoms. The predicted molar refractivity (Wildman–Crippen MR) is 85.8 cm³/mol. The monoisotopic (exact) mass is 305 g/mol. The molecule has 114 valence electrons. The summed E-state index contributed by atoms with van der Waals surface area (Å²) in [5.74, 6) is 0.569. The quantitative estimate of drug-likeness (QED) is 0.786. The molecule has 0 fully saturated rings. The summed E-state index contributed by atoms with van der Waals surface area (Å²) in [4.78, 5) is 20.9. The maximum Gasteiger partial charge on any atom is 0.269 e. The van der Waals surface area contributed by atoms with Gasteiger partial charge in [-0.05, 0) is 24.6 Å². The third-order valence-corrected chi connectivity index (χ3v) is 3.93. The average molecular weight is 305 g/mol. The minimum Gasteiger partial charge on any atom is -0.349 e. The van der Waals surface area contributed by atoms with Gasteiger partial charge in [0.15, 0.2) is 5.82 Å². The summed E-state index contributed by atoms with van der Waals surface area (Å²) in [6.07, 6.45) is 1.72. The molecule has 3 aromatic rings. The summed E-state index contributed by atoms with van der Waals surface area (Å²) >= 11 is 0. The van der Waals surface area contributed by atoms with Gasteiger partial charge in [0.05, 0.1) is 12.2 Å². The van der Waals surface area contributed by atoms with E-state index in [1.54, 1.807) is 16.9 Å². The van der Waals surface area contributed by atoms with Crippen LogP contribution >= 0.6 is 0 Å². The third-order valence-electron chi connectivity index (χ3n) is 3.93. The lowest BCUT2D eigenvalue weighted by atomic mass is 10.1. The normalized spacial score (nSPS) is 13.5. The van der Waals surface area contributed by atoms with Crippen molar-refractivity contribution in [3.05, 3.63) is 53.9 Å². The van der Waals surface area contributed by atoms with Crippen molar-refractivity contribution in [3.8, 4) is 22.8 Å². The van der Waals surface area contributed by atoms with Crippen molar-refractivity contribution in [2.75, 3.05) is 6.54 Å². The molecular weight excluding hydrogens is 290 g/mol. The Labute approximate surface area is 133 Å². The smallest absolute Gasteiger partial charge is 0.269 e. The molecule has 4 rings (SSSR count). The summed E-state index contributed by atoms with van der Waals surface area (Å²) in [5, 5.41) is 7.31. The molecule has 0 bridgehead atoms. The van der Waals surface area contributed by atoms with E-state index in [4.69, 9.17) is 0 Å². The first-order chi connectivity index (χ1) is 11.2. The molecule has 0 saturated carbocycles. The van der Waals surface area contributed by atoms with E-state index in [2.05, 4.69) is 20.4 Å². The Bertz CT molecular complexity index is 900. The van der Waals surface area contributed by atoms with Crippen LogP contribution in [0.4, 0.5) is 0 Å². The van der Waals surface area contributed by atoms with Gasteiger partial charge in [0.2, 0.25) is 0 Å². The standard InChI is InChI=1S/C17H15N5O/c1-11-4-2-3-5-12(11)16-18-7-6-13(20-16)14-10-15-17(23)19-8-9-22(15)21-14/h2-7,10H,8-9H2,1H3,(H,19,23). The molecule has 2 aromatic heterocycles. The number of nitrogens with one attached hydrogen (secondary N) is 1. The van der Waals surface area contributed by atoms with Crippen LogP contribution in [0.2, 0.25) is 0 Å². The van der Waals surface area contributed by atoms with Gasteiger partial charge in [0, 0.05) is 18.3 Å². The van der Waals surface area contributed by atoms with Crippen LogP contribution in [0.1, 0.15) is 16.1 Å². The minimum atomic E-state index is -0.0943. The van der Waals surface area contributed by atoms with E-state index in [9.17, 15) is 4.79 Å². The Hall–Kier alpha value is -3.02. The molecule has 0 atom stereocenters. The van der Waals surface area contributed by atoms with Crippen LogP contribution in [0.3, 0.4) is 0 Å². The van der Waals surface area contributed by atoms with Crippen LogP contribution in [0.25, 0.3) is 22.8 Å². The third kappa shape index (κ3) is 2.38. The second kappa shape index (κ2) is 5.31. The largest absolute Gasteiger partial charge is 0.349 e. The first-order valence-corrected chi connectivity index (χ1v) is 7.48. The number of benzene rings is 1. The summed E-state index contributed by atoms with van der Waals surface area (Å²) < 4.78 is 1.73. The Morgan fingerprint density at radius 1 is 1.17 bits per heavy atom. The molecule has 1 aliphatic heterocycles. The Balaban J connectivity index is 1.78. The molecule has 6 heteroatoms. The average Bonchev–Trinajstić information content (AvgIpc) is 3.01. The number of hydrogen-bond acceptors (Lipinski definition) is 4. The zero-order valence-corrected chi connectivity index (χ0v) is 12.7. The van der Waals surface area contributed by atoms with Gasteiger partial charge in [0.25, 0.3) is 5.91 Å². The Morgan fingerprint density at radius 3 is 2.87 bits per heavy atom. The van der Waals surface area contributed by atoms with Gasteiger partial charge in [0.1, 0.15) is 11.4 Å². The number of carbonyl (C=O) groups excluding carboxylic acids is 1. The molecule has 1 aliphatic rings. The summed E-state index contributed by atoms with van der Waals surface area (Å²) in [6, 6.07) is 11.6. The number of hydrogen-bond donors (Lipinski definition) is 1. The van der Waals surface area contributed by atoms with E-state index < -0.39 is 0 Å². The lowest BCUT2D eigenvalue weighted by molar-refractivity contribution is 0.0924. The van der Waals surface area contributed by atoms with Gasteiger partial charge in [-0.15, -0.1) is 0 Å². The Morgan fingerprint density at radius 2 is 2.04 bits per heavy atom. The van der Waals surface area contributed by atoms with E-state index >= 15 is 0 Å². The SMILES string of the molecule is Cc1ccccc1-c1nccc(-c2cc3n(n2)CCNC3=O)n1. The van der Waals surface area contributed by atoms with Crippen LogP contribution in [-0.2, 0) is 6.54 Å². The minimum absolute atomic E-state index is 0.0943. The van der Waals surface area contributed by atoms with E-state index in [1.807, 2.05) is 37.3 Å². The number of fused-ring (bicyclic) bond motifs is 1. The van der Waals surface area contributed by atoms with Crippen molar-refractivity contribution >= 4 is 5.91 Å². The number of carbonyl (C=O) groups is 1. The zero-order valence-electron chi connectivity index (χ0n) is 12.7. The van der Waals surface area contributed by atoms with Gasteiger partial charge < -0.3 is 5.32 Å². The lowest BCUT2D eigenvalue weighted by Gasteiger charge is -2.13. The molecule has 0 saturated heterocycles. The highest BCUT2D eigenvalue weighted by Gasteiger charge is 2.20. The van der Waals surface area contributed by atoms with Crippen molar-refractivity contribution in [2.24, 2.45) is 0 Å². The highest BCUT2D eigenvalue weighted by Crippen LogP contribution is 2.23. The van der Waals surface area contributed by atoms with Crippen LogP contribution < -0.4 is 5.32 Å². The number of rotatable bonds is 2. The van der Waals surface area contributed by atoms with Crippen molar-refractivity contribution < 1.29 is 4.79 Å². The highest BCUT2D eigenvalue weighted by atomic mass is 16.2. The van der Waals surface area contributed by atoms with Crippen molar-refractivity contribution in [1.82, 2.24) is 25.1 Å². The lowest BCUT2D eigenvalue weighted by Crippen LogP contribution is -2.35. The zero-order chi connectivity index (χ0) is 15.8. The predicted octanol–water partition coefficient (Wildman–Crippen LogP) is 2.06. The van der Waals surface area contributed by atoms with Gasteiger partial charge in [-0.3, -0.25) is 9.48 Å². The molecular formula is C17H15N5O. The molecule has 1 amide bonds. The van der Waals surface area contributed by atoms with Crippen LogP contribution in [-0.4, -0.2) is 32.2 Å². The summed E-state index contributed by atoms with van der Waals surface area (Å²) in [5.41, 5.74) is 4.09. The van der Waals surface area contributed by atoms with Gasteiger partial charge in [-0.25, -0.2) is 9.97 Å². The Kier molecular flexibility index (Phi) is 3.15. The fraction of sp³-hybridized carbons (Fsp3) is 0.176. The topological polar surface area (TPSA) is 72.7 Å². The first kappa shape index (κ1) is 13.6. The molecule has 3 heterocycles. The number of aromatic nitrogens is 4. The molecule has 0 aliphatic carbocycles. The van der Waals surface area contributed by atoms with Crippen molar-refractivity contribution in [1.29, 1.82) is 0 Å². The number of nitrogens with zero attached hydrogens (tertiary/aromatic N) is 4. The fourth-order valence-electron chi connectivity index (χ4n) is 2.72. The van der Waals surface area contributed by atoms with E-state index in [0.717, 1.165) is 11.1 Å². The second-order valence-corrected chi connectivity index (χ2v) is 5.47. The molecule has 1 aromatic carbocycles. The highest BCUT2D eigenvalue weighted by molar-refractivity contribution is 5.94. The number of amides is 1. The second-order valence-electron chi connectivity index (χ2n) is 5.47. The molecule has 1 N–H and O–H groups in total. The van der Waals surface area contributed by atoms with E-state index in [1.165, 1.54) is 0 Å². The first-order valence-electron chi connectivity index (χ1n) is 7.48. The van der Waals surface area contributed by atoms with Gasteiger partial charge in [-0.2, -0.15) is 5.10 Å². The summed E-state index contributed by atoms with van der Waals surface area (Å²) in [6.45, 7) is 3.31. The molecule has 0 radical (unpaired) electrons. The van der Waals surface area contributed by atoms with Crippen LogP contribution in [0.15, 0.2) is 42.6 Å². The maximum atomic E-state index is 11.9. The summed E-state index contributed by atoms with van der Waals surface area (Å²) in [7, 11) is 0. The van der Waals surface area contributed by atoms with Gasteiger partial charge >= 0.3 is 0 Å². The molecule has 6 nitrogen and oxygen atoms in total. The number of aryl methyl sites for hydroxylation is 1. The van der Waals surface area contributed by atoms with Gasteiger partial charge in [-0.1, -0.05) is 24.3 Å². The maximum absolute atomic E-state index is 11.9. The van der Waals surface area contributed by atoms with Crippen LogP contribution in [0.5, 0.6) is 0 Å². The van der Waals surface area contributed by atoms with Crippen molar-refractivity contribution in [3.63, 3.8) is 0 Å². The van der Waals surface area contributed by atoms with E-state index in [-0.39, 0.29) is 5.91 Å². The molecule has 0 unspecified atom stereocenters. The van der Waals surface area contributed by atoms with E-state index in [0.29, 0.717) is 36.0 Å². The molecule has 0 spiro atoms.